The first-order valence-electron chi connectivity index (χ1n) is 8.19. The van der Waals surface area contributed by atoms with Gasteiger partial charge < -0.3 is 10.3 Å². The molecule has 4 heteroatoms. The van der Waals surface area contributed by atoms with Gasteiger partial charge in [-0.2, -0.15) is 0 Å². The van der Waals surface area contributed by atoms with E-state index in [2.05, 4.69) is 28.5 Å². The van der Waals surface area contributed by atoms with Crippen LogP contribution in [0.3, 0.4) is 0 Å². The van der Waals surface area contributed by atoms with Gasteiger partial charge in [0, 0.05) is 33.4 Å². The first kappa shape index (κ1) is 15.7. The van der Waals surface area contributed by atoms with Crippen LogP contribution >= 0.6 is 11.6 Å². The van der Waals surface area contributed by atoms with E-state index in [0.29, 0.717) is 18.0 Å². The molecule has 4 rings (SSSR count). The molecule has 1 amide bonds. The summed E-state index contributed by atoms with van der Waals surface area (Å²) in [5.41, 5.74) is 4.15. The maximum absolute atomic E-state index is 12.2. The minimum atomic E-state index is -0.00423. The number of para-hydroxylation sites is 1. The highest BCUT2D eigenvalue weighted by Crippen LogP contribution is 2.25. The molecule has 0 saturated heterocycles. The molecule has 3 aromatic carbocycles. The lowest BCUT2D eigenvalue weighted by molar-refractivity contribution is -0.120. The Balaban J connectivity index is 1.48. The number of carbonyl (C=O) groups is 1. The van der Waals surface area contributed by atoms with E-state index in [1.807, 2.05) is 48.5 Å². The number of fused-ring (bicyclic) bond motifs is 3. The van der Waals surface area contributed by atoms with Crippen LogP contribution in [0.5, 0.6) is 0 Å². The van der Waals surface area contributed by atoms with Gasteiger partial charge in [-0.15, -0.1) is 0 Å². The summed E-state index contributed by atoms with van der Waals surface area (Å²) < 4.78 is 0. The van der Waals surface area contributed by atoms with E-state index in [4.69, 9.17) is 11.6 Å². The van der Waals surface area contributed by atoms with Crippen LogP contribution < -0.4 is 5.32 Å². The summed E-state index contributed by atoms with van der Waals surface area (Å²) in [6.45, 7) is 0.480. The van der Waals surface area contributed by atoms with Crippen molar-refractivity contribution in [2.45, 2.75) is 13.0 Å². The Labute approximate surface area is 150 Å². The number of nitrogens with one attached hydrogen (secondary N) is 2. The van der Waals surface area contributed by atoms with Crippen molar-refractivity contribution < 1.29 is 4.79 Å². The number of hydrogen-bond donors (Lipinski definition) is 2. The number of carbonyl (C=O) groups excluding carboxylic acids is 1. The van der Waals surface area contributed by atoms with Crippen LogP contribution in [-0.4, -0.2) is 10.9 Å². The van der Waals surface area contributed by atoms with E-state index in [0.717, 1.165) is 22.2 Å². The second-order valence-corrected chi connectivity index (χ2v) is 6.57. The number of aromatic amines is 1. The molecule has 124 valence electrons. The van der Waals surface area contributed by atoms with Crippen molar-refractivity contribution in [1.29, 1.82) is 0 Å². The number of amides is 1. The van der Waals surface area contributed by atoms with Crippen LogP contribution in [-0.2, 0) is 17.8 Å². The van der Waals surface area contributed by atoms with E-state index >= 15 is 0 Å². The Hall–Kier alpha value is -2.78. The summed E-state index contributed by atoms with van der Waals surface area (Å²) in [5.74, 6) is -0.00423. The molecule has 0 aliphatic heterocycles. The zero-order valence-electron chi connectivity index (χ0n) is 13.6. The Bertz CT molecular complexity index is 1070. The van der Waals surface area contributed by atoms with Gasteiger partial charge >= 0.3 is 0 Å². The van der Waals surface area contributed by atoms with E-state index < -0.39 is 0 Å². The maximum atomic E-state index is 12.2. The topological polar surface area (TPSA) is 44.9 Å². The zero-order valence-corrected chi connectivity index (χ0v) is 14.3. The Kier molecular flexibility index (Phi) is 4.16. The van der Waals surface area contributed by atoms with Crippen molar-refractivity contribution in [3.8, 4) is 0 Å². The van der Waals surface area contributed by atoms with Crippen molar-refractivity contribution in [3.05, 3.63) is 82.9 Å². The van der Waals surface area contributed by atoms with Crippen LogP contribution in [0.2, 0.25) is 5.02 Å². The molecule has 4 aromatic rings. The number of aromatic nitrogens is 1. The molecular formula is C21H17ClN2O. The third-order valence-electron chi connectivity index (χ3n) is 4.31. The maximum Gasteiger partial charge on any atom is 0.224 e. The highest BCUT2D eigenvalue weighted by molar-refractivity contribution is 6.30. The highest BCUT2D eigenvalue weighted by Gasteiger charge is 2.07. The number of benzene rings is 3. The molecule has 0 unspecified atom stereocenters. The van der Waals surface area contributed by atoms with Gasteiger partial charge in [0.05, 0.1) is 6.42 Å². The molecule has 0 fully saturated rings. The van der Waals surface area contributed by atoms with Crippen LogP contribution in [0, 0.1) is 0 Å². The molecule has 0 aliphatic rings. The van der Waals surface area contributed by atoms with Gasteiger partial charge in [0.15, 0.2) is 0 Å². The average molecular weight is 349 g/mol. The SMILES string of the molecule is O=C(Cc1ccc2c(c1)[nH]c1ccccc12)NCc1cccc(Cl)c1. The Morgan fingerprint density at radius 3 is 2.60 bits per heavy atom. The predicted octanol–water partition coefficient (Wildman–Crippen LogP) is 4.83. The molecule has 0 spiro atoms. The van der Waals surface area contributed by atoms with E-state index in [1.54, 1.807) is 0 Å². The minimum absolute atomic E-state index is 0.00423. The van der Waals surface area contributed by atoms with Gasteiger partial charge in [-0.25, -0.2) is 0 Å². The monoisotopic (exact) mass is 348 g/mol. The minimum Gasteiger partial charge on any atom is -0.355 e. The van der Waals surface area contributed by atoms with Gasteiger partial charge in [-0.1, -0.05) is 54.1 Å². The van der Waals surface area contributed by atoms with Crippen molar-refractivity contribution in [2.75, 3.05) is 0 Å². The van der Waals surface area contributed by atoms with E-state index in [9.17, 15) is 4.79 Å². The Morgan fingerprint density at radius 2 is 1.72 bits per heavy atom. The lowest BCUT2D eigenvalue weighted by Crippen LogP contribution is -2.24. The highest BCUT2D eigenvalue weighted by atomic mass is 35.5. The van der Waals surface area contributed by atoms with Gasteiger partial charge in [0.1, 0.15) is 0 Å². The van der Waals surface area contributed by atoms with Crippen LogP contribution in [0.15, 0.2) is 66.7 Å². The normalized spacial score (nSPS) is 11.1. The third kappa shape index (κ3) is 3.37. The van der Waals surface area contributed by atoms with Crippen molar-refractivity contribution in [1.82, 2.24) is 10.3 Å². The largest absolute Gasteiger partial charge is 0.355 e. The van der Waals surface area contributed by atoms with Crippen LogP contribution in [0.25, 0.3) is 21.8 Å². The molecule has 3 nitrogen and oxygen atoms in total. The summed E-state index contributed by atoms with van der Waals surface area (Å²) in [6.07, 6.45) is 0.353. The standard InChI is InChI=1S/C21H17ClN2O/c22-16-5-3-4-15(10-16)13-23-21(25)12-14-8-9-18-17-6-1-2-7-19(17)24-20(18)11-14/h1-11,24H,12-13H2,(H,23,25). The summed E-state index contributed by atoms with van der Waals surface area (Å²) in [7, 11) is 0. The molecule has 1 heterocycles. The molecule has 0 aliphatic carbocycles. The molecule has 0 bridgehead atoms. The molecule has 2 N–H and O–H groups in total. The predicted molar refractivity (Wildman–Crippen MR) is 103 cm³/mol. The van der Waals surface area contributed by atoms with Crippen molar-refractivity contribution in [2.24, 2.45) is 0 Å². The Morgan fingerprint density at radius 1 is 0.880 bits per heavy atom. The average Bonchev–Trinajstić information content (AvgIpc) is 2.98. The quantitative estimate of drug-likeness (QED) is 0.545. The lowest BCUT2D eigenvalue weighted by Gasteiger charge is -2.06. The van der Waals surface area contributed by atoms with Gasteiger partial charge in [-0.05, 0) is 35.4 Å². The number of halogens is 1. The molecule has 0 radical (unpaired) electrons. The third-order valence-corrected chi connectivity index (χ3v) is 4.55. The summed E-state index contributed by atoms with van der Waals surface area (Å²) in [6, 6.07) is 21.9. The molecule has 1 aromatic heterocycles. The molecule has 0 saturated carbocycles. The summed E-state index contributed by atoms with van der Waals surface area (Å²) >= 11 is 5.96. The molecule has 0 atom stereocenters. The van der Waals surface area contributed by atoms with Crippen LogP contribution in [0.4, 0.5) is 0 Å². The number of hydrogen-bond acceptors (Lipinski definition) is 1. The second-order valence-electron chi connectivity index (χ2n) is 6.13. The zero-order chi connectivity index (χ0) is 17.2. The number of H-pyrrole nitrogens is 1. The van der Waals surface area contributed by atoms with Gasteiger partial charge in [0.25, 0.3) is 0 Å². The van der Waals surface area contributed by atoms with E-state index in [-0.39, 0.29) is 5.91 Å². The van der Waals surface area contributed by atoms with Gasteiger partial charge in [0.2, 0.25) is 5.91 Å². The molecule has 25 heavy (non-hydrogen) atoms. The van der Waals surface area contributed by atoms with E-state index in [1.165, 1.54) is 10.8 Å². The first-order chi connectivity index (χ1) is 12.2. The number of rotatable bonds is 4. The van der Waals surface area contributed by atoms with Crippen molar-refractivity contribution >= 4 is 39.3 Å². The second kappa shape index (κ2) is 6.61. The van der Waals surface area contributed by atoms with Crippen LogP contribution in [0.1, 0.15) is 11.1 Å². The molecular weight excluding hydrogens is 332 g/mol. The fraction of sp³-hybridized carbons (Fsp3) is 0.0952. The van der Waals surface area contributed by atoms with Gasteiger partial charge in [-0.3, -0.25) is 4.79 Å². The lowest BCUT2D eigenvalue weighted by atomic mass is 10.1. The fourth-order valence-corrected chi connectivity index (χ4v) is 3.32. The smallest absolute Gasteiger partial charge is 0.224 e. The summed E-state index contributed by atoms with van der Waals surface area (Å²) in [5, 5.41) is 6.00. The van der Waals surface area contributed by atoms with Crippen molar-refractivity contribution in [3.63, 3.8) is 0 Å². The first-order valence-corrected chi connectivity index (χ1v) is 8.57. The summed E-state index contributed by atoms with van der Waals surface area (Å²) in [4.78, 5) is 15.6. The fourth-order valence-electron chi connectivity index (χ4n) is 3.11.